The number of carbonyl (C=O) groups is 2. The molecule has 0 aliphatic carbocycles. The fourth-order valence-electron chi connectivity index (χ4n) is 3.19. The van der Waals surface area contributed by atoms with Crippen molar-refractivity contribution in [2.45, 2.75) is 6.92 Å². The van der Waals surface area contributed by atoms with Gasteiger partial charge in [0.15, 0.2) is 5.76 Å². The first kappa shape index (κ1) is 18.7. The Morgan fingerprint density at radius 3 is 2.55 bits per heavy atom. The molecule has 0 spiro atoms. The minimum absolute atomic E-state index is 0.123. The maximum Gasteiger partial charge on any atom is 0.289 e. The Balaban J connectivity index is 1.41. The molecule has 1 fully saturated rings. The standard InChI is InChI=1S/C21H21N5O3/c1-15-5-2-3-6-16(15)23-19(27)17-8-9-22-21(24-17)26-12-10-25(11-13-26)20(28)18-7-4-14-29-18/h2-9,14H,10-13H2,1H3,(H,23,27). The number of rotatable bonds is 4. The third-order valence-electron chi connectivity index (χ3n) is 4.85. The van der Waals surface area contributed by atoms with Crippen LogP contribution in [-0.2, 0) is 0 Å². The molecular formula is C21H21N5O3. The predicted molar refractivity (Wildman–Crippen MR) is 108 cm³/mol. The predicted octanol–water partition coefficient (Wildman–Crippen LogP) is 2.59. The van der Waals surface area contributed by atoms with E-state index in [9.17, 15) is 9.59 Å². The SMILES string of the molecule is Cc1ccccc1NC(=O)c1ccnc(N2CCN(C(=O)c3ccco3)CC2)n1. The number of nitrogens with one attached hydrogen (secondary N) is 1. The lowest BCUT2D eigenvalue weighted by molar-refractivity contribution is 0.0714. The van der Waals surface area contributed by atoms with E-state index in [1.54, 1.807) is 29.3 Å². The Morgan fingerprint density at radius 1 is 1.03 bits per heavy atom. The summed E-state index contributed by atoms with van der Waals surface area (Å²) >= 11 is 0. The van der Waals surface area contributed by atoms with Crippen LogP contribution in [0.15, 0.2) is 59.3 Å². The van der Waals surface area contributed by atoms with E-state index in [2.05, 4.69) is 15.3 Å². The highest BCUT2D eigenvalue weighted by Gasteiger charge is 2.25. The lowest BCUT2D eigenvalue weighted by atomic mass is 10.2. The topological polar surface area (TPSA) is 91.6 Å². The van der Waals surface area contributed by atoms with E-state index >= 15 is 0 Å². The molecule has 1 aromatic carbocycles. The molecule has 0 atom stereocenters. The smallest absolute Gasteiger partial charge is 0.289 e. The van der Waals surface area contributed by atoms with Gasteiger partial charge in [-0.2, -0.15) is 0 Å². The van der Waals surface area contributed by atoms with Crippen LogP contribution in [0.25, 0.3) is 0 Å². The minimum Gasteiger partial charge on any atom is -0.459 e. The zero-order chi connectivity index (χ0) is 20.2. The number of carbonyl (C=O) groups excluding carboxylic acids is 2. The zero-order valence-corrected chi connectivity index (χ0v) is 16.0. The highest BCUT2D eigenvalue weighted by molar-refractivity contribution is 6.03. The van der Waals surface area contributed by atoms with Gasteiger partial charge in [0, 0.05) is 38.1 Å². The molecule has 0 bridgehead atoms. The second-order valence-corrected chi connectivity index (χ2v) is 6.77. The lowest BCUT2D eigenvalue weighted by Crippen LogP contribution is -2.49. The van der Waals surface area contributed by atoms with Crippen molar-refractivity contribution in [1.29, 1.82) is 0 Å². The van der Waals surface area contributed by atoms with Crippen LogP contribution < -0.4 is 10.2 Å². The number of amides is 2. The summed E-state index contributed by atoms with van der Waals surface area (Å²) < 4.78 is 5.19. The number of nitrogens with zero attached hydrogens (tertiary/aromatic N) is 4. The van der Waals surface area contributed by atoms with Gasteiger partial charge in [-0.1, -0.05) is 18.2 Å². The van der Waals surface area contributed by atoms with Crippen LogP contribution >= 0.6 is 0 Å². The van der Waals surface area contributed by atoms with Crippen molar-refractivity contribution in [2.24, 2.45) is 0 Å². The Bertz CT molecular complexity index is 1010. The Hall–Kier alpha value is -3.68. The summed E-state index contributed by atoms with van der Waals surface area (Å²) in [5.74, 6) is 0.411. The van der Waals surface area contributed by atoms with Crippen LogP contribution in [-0.4, -0.2) is 52.9 Å². The zero-order valence-electron chi connectivity index (χ0n) is 16.0. The molecule has 1 saturated heterocycles. The summed E-state index contributed by atoms with van der Waals surface area (Å²) in [6.45, 7) is 4.15. The second kappa shape index (κ2) is 8.14. The molecule has 8 heteroatoms. The third-order valence-corrected chi connectivity index (χ3v) is 4.85. The molecule has 8 nitrogen and oxygen atoms in total. The van der Waals surface area contributed by atoms with Crippen molar-refractivity contribution in [3.63, 3.8) is 0 Å². The minimum atomic E-state index is -0.283. The highest BCUT2D eigenvalue weighted by atomic mass is 16.3. The molecule has 1 aliphatic heterocycles. The maximum atomic E-state index is 12.6. The quantitative estimate of drug-likeness (QED) is 0.735. The molecule has 0 saturated carbocycles. The molecule has 1 N–H and O–H groups in total. The summed E-state index contributed by atoms with van der Waals surface area (Å²) in [6.07, 6.45) is 3.07. The van der Waals surface area contributed by atoms with Crippen molar-refractivity contribution in [3.05, 3.63) is 71.9 Å². The average molecular weight is 391 g/mol. The summed E-state index contributed by atoms with van der Waals surface area (Å²) in [7, 11) is 0. The molecule has 2 aromatic heterocycles. The molecule has 3 heterocycles. The number of anilines is 2. The Kier molecular flexibility index (Phi) is 5.24. The molecule has 0 radical (unpaired) electrons. The largest absolute Gasteiger partial charge is 0.459 e. The fraction of sp³-hybridized carbons (Fsp3) is 0.238. The molecule has 148 valence electrons. The number of hydrogen-bond acceptors (Lipinski definition) is 6. The van der Waals surface area contributed by atoms with E-state index in [-0.39, 0.29) is 11.8 Å². The second-order valence-electron chi connectivity index (χ2n) is 6.77. The maximum absolute atomic E-state index is 12.6. The number of aryl methyl sites for hydroxylation is 1. The molecule has 0 unspecified atom stereocenters. The summed E-state index contributed by atoms with van der Waals surface area (Å²) in [4.78, 5) is 37.4. The fourth-order valence-corrected chi connectivity index (χ4v) is 3.19. The summed E-state index contributed by atoms with van der Waals surface area (Å²) in [5, 5.41) is 2.88. The first-order chi connectivity index (χ1) is 14.1. The lowest BCUT2D eigenvalue weighted by Gasteiger charge is -2.34. The third kappa shape index (κ3) is 4.11. The van der Waals surface area contributed by atoms with Gasteiger partial charge in [0.2, 0.25) is 5.95 Å². The molecule has 4 rings (SSSR count). The van der Waals surface area contributed by atoms with Crippen LogP contribution in [0.3, 0.4) is 0 Å². The Morgan fingerprint density at radius 2 is 1.83 bits per heavy atom. The van der Waals surface area contributed by atoms with E-state index in [0.717, 1.165) is 11.3 Å². The molecule has 1 aliphatic rings. The monoisotopic (exact) mass is 391 g/mol. The van der Waals surface area contributed by atoms with Crippen molar-refractivity contribution in [1.82, 2.24) is 14.9 Å². The number of piperazine rings is 1. The highest BCUT2D eigenvalue weighted by Crippen LogP contribution is 2.16. The number of para-hydroxylation sites is 1. The molecule has 29 heavy (non-hydrogen) atoms. The van der Waals surface area contributed by atoms with Gasteiger partial charge in [0.1, 0.15) is 5.69 Å². The van der Waals surface area contributed by atoms with Gasteiger partial charge < -0.3 is 19.5 Å². The van der Waals surface area contributed by atoms with Gasteiger partial charge in [-0.05, 0) is 36.8 Å². The van der Waals surface area contributed by atoms with Gasteiger partial charge >= 0.3 is 0 Å². The van der Waals surface area contributed by atoms with Crippen LogP contribution in [0.5, 0.6) is 0 Å². The van der Waals surface area contributed by atoms with E-state index in [1.165, 1.54) is 6.26 Å². The van der Waals surface area contributed by atoms with Crippen molar-refractivity contribution in [3.8, 4) is 0 Å². The van der Waals surface area contributed by atoms with Crippen LogP contribution in [0.2, 0.25) is 0 Å². The number of furan rings is 1. The number of hydrogen-bond donors (Lipinski definition) is 1. The number of aromatic nitrogens is 2. The van der Waals surface area contributed by atoms with Gasteiger partial charge in [-0.3, -0.25) is 9.59 Å². The first-order valence-electron chi connectivity index (χ1n) is 9.39. The molecular weight excluding hydrogens is 370 g/mol. The van der Waals surface area contributed by atoms with Crippen molar-refractivity contribution < 1.29 is 14.0 Å². The van der Waals surface area contributed by atoms with Crippen molar-refractivity contribution in [2.75, 3.05) is 36.4 Å². The number of benzene rings is 1. The molecule has 2 amide bonds. The van der Waals surface area contributed by atoms with E-state index in [0.29, 0.717) is 43.6 Å². The van der Waals surface area contributed by atoms with Crippen molar-refractivity contribution >= 4 is 23.5 Å². The van der Waals surface area contributed by atoms with Crippen LogP contribution in [0.1, 0.15) is 26.6 Å². The summed E-state index contributed by atoms with van der Waals surface area (Å²) in [6, 6.07) is 12.5. The summed E-state index contributed by atoms with van der Waals surface area (Å²) in [5.41, 5.74) is 2.03. The van der Waals surface area contributed by atoms with Gasteiger partial charge in [0.25, 0.3) is 11.8 Å². The van der Waals surface area contributed by atoms with Crippen LogP contribution in [0.4, 0.5) is 11.6 Å². The first-order valence-corrected chi connectivity index (χ1v) is 9.39. The van der Waals surface area contributed by atoms with Crippen LogP contribution in [0, 0.1) is 6.92 Å². The Labute approximate surface area is 168 Å². The average Bonchev–Trinajstić information content (AvgIpc) is 3.30. The van der Waals surface area contributed by atoms with Gasteiger partial charge in [-0.15, -0.1) is 0 Å². The normalized spacial score (nSPS) is 14.0. The molecule has 3 aromatic rings. The van der Waals surface area contributed by atoms with E-state index in [4.69, 9.17) is 4.42 Å². The van der Waals surface area contributed by atoms with E-state index < -0.39 is 0 Å². The van der Waals surface area contributed by atoms with Gasteiger partial charge in [-0.25, -0.2) is 9.97 Å². The van der Waals surface area contributed by atoms with E-state index in [1.807, 2.05) is 36.1 Å². The van der Waals surface area contributed by atoms with Gasteiger partial charge in [0.05, 0.1) is 6.26 Å².